The summed E-state index contributed by atoms with van der Waals surface area (Å²) in [6.07, 6.45) is 2.15. The lowest BCUT2D eigenvalue weighted by molar-refractivity contribution is 0.171. The Morgan fingerprint density at radius 1 is 1.30 bits per heavy atom. The summed E-state index contributed by atoms with van der Waals surface area (Å²) in [4.78, 5) is 2.49. The Bertz CT molecular complexity index is 680. The third-order valence-electron chi connectivity index (χ3n) is 4.30. The minimum Gasteiger partial charge on any atom is -0.486 e. The first kappa shape index (κ1) is 17.0. The van der Waals surface area contributed by atoms with Gasteiger partial charge in [0.25, 0.3) is 0 Å². The number of hydrogen-bond acceptors (Lipinski definition) is 5. The summed E-state index contributed by atoms with van der Waals surface area (Å²) in [7, 11) is -3.60. The quantitative estimate of drug-likeness (QED) is 0.812. The summed E-state index contributed by atoms with van der Waals surface area (Å²) < 4.78 is 39.4. The number of nitrogens with zero attached hydrogens (tertiary/aromatic N) is 1. The van der Waals surface area contributed by atoms with Crippen LogP contribution in [-0.2, 0) is 10.0 Å². The average molecular weight is 405 g/mol. The van der Waals surface area contributed by atoms with E-state index in [-0.39, 0.29) is 10.9 Å². The van der Waals surface area contributed by atoms with E-state index in [9.17, 15) is 8.42 Å². The second-order valence-corrected chi connectivity index (χ2v) is 8.29. The molecule has 2 aliphatic heterocycles. The molecule has 0 radical (unpaired) electrons. The molecule has 0 saturated carbocycles. The molecule has 1 fully saturated rings. The molecule has 0 spiro atoms. The van der Waals surface area contributed by atoms with Gasteiger partial charge in [0.15, 0.2) is 11.5 Å². The smallest absolute Gasteiger partial charge is 0.241 e. The minimum atomic E-state index is -3.60. The van der Waals surface area contributed by atoms with Crippen molar-refractivity contribution in [3.63, 3.8) is 0 Å². The van der Waals surface area contributed by atoms with E-state index in [1.807, 2.05) is 0 Å². The standard InChI is InChI=1S/C15H21BrN2O4S/c1-2-18-5-3-4-11(18)10-17-23(19,20)15-9-14-13(8-12(15)16)21-6-7-22-14/h8-9,11,17H,2-7,10H2,1H3. The zero-order valence-corrected chi connectivity index (χ0v) is 15.5. The van der Waals surface area contributed by atoms with Crippen molar-refractivity contribution in [1.82, 2.24) is 9.62 Å². The van der Waals surface area contributed by atoms with Crippen LogP contribution in [0.4, 0.5) is 0 Å². The molecule has 1 saturated heterocycles. The summed E-state index contributed by atoms with van der Waals surface area (Å²) in [5.41, 5.74) is 0. The van der Waals surface area contributed by atoms with Gasteiger partial charge < -0.3 is 9.47 Å². The van der Waals surface area contributed by atoms with Crippen molar-refractivity contribution in [2.45, 2.75) is 30.7 Å². The van der Waals surface area contributed by atoms with Crippen LogP contribution in [0.15, 0.2) is 21.5 Å². The predicted molar refractivity (Wildman–Crippen MR) is 90.6 cm³/mol. The number of sulfonamides is 1. The fourth-order valence-corrected chi connectivity index (χ4v) is 5.18. The van der Waals surface area contributed by atoms with Crippen molar-refractivity contribution in [2.75, 3.05) is 32.8 Å². The lowest BCUT2D eigenvalue weighted by Crippen LogP contribution is -2.40. The van der Waals surface area contributed by atoms with E-state index in [4.69, 9.17) is 9.47 Å². The first-order valence-electron chi connectivity index (χ1n) is 7.84. The molecular formula is C15H21BrN2O4S. The molecule has 0 bridgehead atoms. The molecule has 1 N–H and O–H groups in total. The maximum absolute atomic E-state index is 12.6. The van der Waals surface area contributed by atoms with Crippen LogP contribution in [0.2, 0.25) is 0 Å². The molecule has 6 nitrogen and oxygen atoms in total. The Balaban J connectivity index is 1.77. The second kappa shape index (κ2) is 6.96. The molecule has 1 unspecified atom stereocenters. The van der Waals surface area contributed by atoms with Crippen LogP contribution in [0.25, 0.3) is 0 Å². The fourth-order valence-electron chi connectivity index (χ4n) is 3.08. The van der Waals surface area contributed by atoms with E-state index in [0.29, 0.717) is 35.7 Å². The topological polar surface area (TPSA) is 67.9 Å². The number of fused-ring (bicyclic) bond motifs is 1. The molecule has 0 aliphatic carbocycles. The number of ether oxygens (including phenoxy) is 2. The highest BCUT2D eigenvalue weighted by atomic mass is 79.9. The summed E-state index contributed by atoms with van der Waals surface area (Å²) in [6, 6.07) is 3.44. The lowest BCUT2D eigenvalue weighted by atomic mass is 10.2. The molecule has 8 heteroatoms. The van der Waals surface area contributed by atoms with Crippen LogP contribution in [0, 0.1) is 0 Å². The average Bonchev–Trinajstić information content (AvgIpc) is 3.00. The van der Waals surface area contributed by atoms with Crippen molar-refractivity contribution in [2.24, 2.45) is 0 Å². The number of hydrogen-bond donors (Lipinski definition) is 1. The van der Waals surface area contributed by atoms with Crippen molar-refractivity contribution in [3.05, 3.63) is 16.6 Å². The summed E-state index contributed by atoms with van der Waals surface area (Å²) >= 11 is 3.33. The largest absolute Gasteiger partial charge is 0.486 e. The zero-order valence-electron chi connectivity index (χ0n) is 13.0. The normalized spacial score (nSPS) is 21.6. The third kappa shape index (κ3) is 3.65. The number of nitrogens with one attached hydrogen (secondary N) is 1. The van der Waals surface area contributed by atoms with Crippen molar-refractivity contribution < 1.29 is 17.9 Å². The lowest BCUT2D eigenvalue weighted by Gasteiger charge is -2.23. The second-order valence-electron chi connectivity index (χ2n) is 5.70. The van der Waals surface area contributed by atoms with Crippen molar-refractivity contribution in [1.29, 1.82) is 0 Å². The minimum absolute atomic E-state index is 0.183. The van der Waals surface area contributed by atoms with Crippen LogP contribution < -0.4 is 14.2 Å². The van der Waals surface area contributed by atoms with Crippen LogP contribution in [0.1, 0.15) is 19.8 Å². The molecule has 23 heavy (non-hydrogen) atoms. The van der Waals surface area contributed by atoms with Gasteiger partial charge in [-0.3, -0.25) is 4.90 Å². The van der Waals surface area contributed by atoms with Crippen LogP contribution in [-0.4, -0.2) is 52.2 Å². The highest BCUT2D eigenvalue weighted by Crippen LogP contribution is 2.37. The first-order valence-corrected chi connectivity index (χ1v) is 10.1. The van der Waals surface area contributed by atoms with E-state index in [1.54, 1.807) is 6.07 Å². The molecule has 1 aromatic carbocycles. The number of rotatable bonds is 5. The molecule has 0 amide bonds. The predicted octanol–water partition coefficient (Wildman–Crippen LogP) is 1.98. The molecule has 128 valence electrons. The fraction of sp³-hybridized carbons (Fsp3) is 0.600. The summed E-state index contributed by atoms with van der Waals surface area (Å²) in [5, 5.41) is 0. The van der Waals surface area contributed by atoms with Crippen LogP contribution >= 0.6 is 15.9 Å². The van der Waals surface area contributed by atoms with Crippen molar-refractivity contribution >= 4 is 26.0 Å². The molecular weight excluding hydrogens is 384 g/mol. The maximum Gasteiger partial charge on any atom is 0.241 e. The van der Waals surface area contributed by atoms with Crippen LogP contribution in [0.5, 0.6) is 11.5 Å². The number of benzene rings is 1. The highest BCUT2D eigenvalue weighted by Gasteiger charge is 2.27. The van der Waals surface area contributed by atoms with E-state index >= 15 is 0 Å². The van der Waals surface area contributed by atoms with Gasteiger partial charge in [-0.15, -0.1) is 0 Å². The molecule has 0 aromatic heterocycles. The zero-order chi connectivity index (χ0) is 16.4. The Morgan fingerprint density at radius 3 is 2.70 bits per heavy atom. The van der Waals surface area contributed by atoms with Gasteiger partial charge in [0.05, 0.1) is 0 Å². The third-order valence-corrected chi connectivity index (χ3v) is 6.68. The first-order chi connectivity index (χ1) is 11.0. The molecule has 2 aliphatic rings. The Kier molecular flexibility index (Phi) is 5.15. The van der Waals surface area contributed by atoms with Crippen LogP contribution in [0.3, 0.4) is 0 Å². The number of likely N-dealkylation sites (N-methyl/N-ethyl adjacent to an activating group) is 1. The SMILES string of the molecule is CCN1CCCC1CNS(=O)(=O)c1cc2c(cc1Br)OCCO2. The molecule has 1 atom stereocenters. The van der Waals surface area contributed by atoms with Gasteiger partial charge in [-0.1, -0.05) is 6.92 Å². The van der Waals surface area contributed by atoms with Gasteiger partial charge in [-0.2, -0.15) is 0 Å². The Hall–Kier alpha value is -0.830. The summed E-state index contributed by atoms with van der Waals surface area (Å²) in [5.74, 6) is 1.03. The molecule has 2 heterocycles. The van der Waals surface area contributed by atoms with E-state index in [0.717, 1.165) is 25.9 Å². The molecule has 3 rings (SSSR count). The Morgan fingerprint density at radius 2 is 2.00 bits per heavy atom. The van der Waals surface area contributed by atoms with E-state index in [2.05, 4.69) is 32.5 Å². The van der Waals surface area contributed by atoms with Gasteiger partial charge in [-0.25, -0.2) is 13.1 Å². The van der Waals surface area contributed by atoms with Crippen molar-refractivity contribution in [3.8, 4) is 11.5 Å². The van der Waals surface area contributed by atoms with E-state index < -0.39 is 10.0 Å². The van der Waals surface area contributed by atoms with Gasteiger partial charge >= 0.3 is 0 Å². The number of likely N-dealkylation sites (tertiary alicyclic amines) is 1. The van der Waals surface area contributed by atoms with Gasteiger partial charge in [0, 0.05) is 23.1 Å². The van der Waals surface area contributed by atoms with Gasteiger partial charge in [-0.05, 0) is 47.9 Å². The highest BCUT2D eigenvalue weighted by molar-refractivity contribution is 9.10. The maximum atomic E-state index is 12.6. The van der Waals surface area contributed by atoms with Gasteiger partial charge in [0.1, 0.15) is 18.1 Å². The summed E-state index contributed by atoms with van der Waals surface area (Å²) in [6.45, 7) is 5.41. The Labute approximate surface area is 145 Å². The van der Waals surface area contributed by atoms with Gasteiger partial charge in [0.2, 0.25) is 10.0 Å². The molecule has 1 aromatic rings. The monoisotopic (exact) mass is 404 g/mol. The number of halogens is 1. The van der Waals surface area contributed by atoms with E-state index in [1.165, 1.54) is 6.07 Å².